The van der Waals surface area contributed by atoms with Crippen LogP contribution in [0.1, 0.15) is 98.3 Å². The quantitative estimate of drug-likeness (QED) is 0.334. The molecule has 2 aliphatic heterocycles. The Hall–Kier alpha value is -1.45. The SMILES string of the molecule is CC12CCC3C(C)(CCN(c4c(O)c(=O)c4=O)C3(C)C)C1CCC1C2CCC2(CNCCCN3CCS(=O)(=O)CC3)CCC[C@H]12. The molecule has 252 valence electrons. The Balaban J connectivity index is 1.01. The van der Waals surface area contributed by atoms with Gasteiger partial charge in [-0.3, -0.25) is 9.59 Å². The minimum Gasteiger partial charge on any atom is -0.502 e. The van der Waals surface area contributed by atoms with E-state index in [0.717, 1.165) is 63.2 Å². The summed E-state index contributed by atoms with van der Waals surface area (Å²) < 4.78 is 23.5. The van der Waals surface area contributed by atoms with E-state index in [-0.39, 0.29) is 22.4 Å². The second-order valence-corrected chi connectivity index (χ2v) is 19.6. The molecule has 9 heteroatoms. The fourth-order valence-corrected chi connectivity index (χ4v) is 14.4. The van der Waals surface area contributed by atoms with Crippen LogP contribution in [0.15, 0.2) is 9.59 Å². The number of hydrogen-bond donors (Lipinski definition) is 2. The number of rotatable bonds is 7. The third-order valence-corrected chi connectivity index (χ3v) is 16.9. The Morgan fingerprint density at radius 2 is 1.58 bits per heavy atom. The summed E-state index contributed by atoms with van der Waals surface area (Å²) >= 11 is 0. The Kier molecular flexibility index (Phi) is 7.88. The molecule has 6 aliphatic rings. The zero-order chi connectivity index (χ0) is 32.0. The van der Waals surface area contributed by atoms with Gasteiger partial charge < -0.3 is 20.2 Å². The van der Waals surface area contributed by atoms with Crippen LogP contribution >= 0.6 is 0 Å². The van der Waals surface area contributed by atoms with Crippen molar-refractivity contribution in [3.63, 3.8) is 0 Å². The van der Waals surface area contributed by atoms with Gasteiger partial charge in [-0.1, -0.05) is 20.3 Å². The van der Waals surface area contributed by atoms with E-state index in [2.05, 4.69) is 42.8 Å². The minimum atomic E-state index is -2.81. The van der Waals surface area contributed by atoms with Crippen LogP contribution in [-0.4, -0.2) is 74.7 Å². The highest BCUT2D eigenvalue weighted by atomic mass is 32.2. The van der Waals surface area contributed by atoms with Gasteiger partial charge in [-0.2, -0.15) is 0 Å². The molecule has 45 heavy (non-hydrogen) atoms. The third kappa shape index (κ3) is 4.90. The highest BCUT2D eigenvalue weighted by Gasteiger charge is 2.66. The van der Waals surface area contributed by atoms with Crippen LogP contribution in [0.25, 0.3) is 0 Å². The molecule has 4 saturated carbocycles. The Labute approximate surface area is 270 Å². The van der Waals surface area contributed by atoms with Crippen molar-refractivity contribution in [2.24, 2.45) is 45.8 Å². The first-order valence-corrected chi connectivity index (χ1v) is 20.0. The average Bonchev–Trinajstić information content (AvgIpc) is 3.43. The molecule has 2 N–H and O–H groups in total. The van der Waals surface area contributed by atoms with Gasteiger partial charge in [0.15, 0.2) is 15.6 Å². The molecule has 1 aromatic rings. The van der Waals surface area contributed by atoms with Crippen molar-refractivity contribution >= 4 is 15.5 Å². The molecule has 0 aromatic heterocycles. The highest BCUT2D eigenvalue weighted by Crippen LogP contribution is 2.72. The van der Waals surface area contributed by atoms with Crippen LogP contribution in [0.2, 0.25) is 0 Å². The van der Waals surface area contributed by atoms with Gasteiger partial charge in [0.2, 0.25) is 0 Å². The normalized spacial score (nSPS) is 42.5. The lowest BCUT2D eigenvalue weighted by Crippen LogP contribution is -2.68. The van der Waals surface area contributed by atoms with E-state index in [1.807, 2.05) is 0 Å². The van der Waals surface area contributed by atoms with Crippen molar-refractivity contribution in [3.8, 4) is 5.75 Å². The Morgan fingerprint density at radius 3 is 2.31 bits per heavy atom. The average molecular weight is 644 g/mol. The van der Waals surface area contributed by atoms with Crippen LogP contribution < -0.4 is 21.1 Å². The van der Waals surface area contributed by atoms with Gasteiger partial charge in [-0.15, -0.1) is 0 Å². The number of fused-ring (bicyclic) bond motifs is 7. The molecular formula is C36H57N3O5S. The summed E-state index contributed by atoms with van der Waals surface area (Å²) in [5.74, 6) is 3.84. The van der Waals surface area contributed by atoms with Gasteiger partial charge in [0.25, 0.3) is 10.9 Å². The number of hydrogen-bond acceptors (Lipinski definition) is 8. The fourth-order valence-electron chi connectivity index (χ4n) is 13.1. The molecule has 1 aromatic carbocycles. The Bertz CT molecular complexity index is 1470. The van der Waals surface area contributed by atoms with E-state index >= 15 is 0 Å². The fraction of sp³-hybridized carbons (Fsp3) is 0.889. The van der Waals surface area contributed by atoms with E-state index in [9.17, 15) is 23.1 Å². The monoisotopic (exact) mass is 643 g/mol. The highest BCUT2D eigenvalue weighted by molar-refractivity contribution is 7.91. The molecule has 2 heterocycles. The molecule has 8 atom stereocenters. The molecule has 7 rings (SSSR count). The lowest BCUT2D eigenvalue weighted by Gasteiger charge is -2.70. The van der Waals surface area contributed by atoms with Gasteiger partial charge in [0.1, 0.15) is 5.69 Å². The number of piperidine rings is 1. The summed E-state index contributed by atoms with van der Waals surface area (Å²) in [5.41, 5.74) is -0.270. The maximum Gasteiger partial charge on any atom is 0.271 e. The van der Waals surface area contributed by atoms with E-state index < -0.39 is 20.7 Å². The molecule has 7 unspecified atom stereocenters. The van der Waals surface area contributed by atoms with Crippen LogP contribution in [0.5, 0.6) is 5.75 Å². The summed E-state index contributed by atoms with van der Waals surface area (Å²) in [7, 11) is -2.81. The predicted octanol–water partition coefficient (Wildman–Crippen LogP) is 4.33. The van der Waals surface area contributed by atoms with Crippen LogP contribution in [-0.2, 0) is 9.84 Å². The van der Waals surface area contributed by atoms with Crippen molar-refractivity contribution < 1.29 is 13.5 Å². The molecule has 0 spiro atoms. The number of sulfone groups is 1. The second kappa shape index (κ2) is 11.0. The number of anilines is 1. The predicted molar refractivity (Wildman–Crippen MR) is 179 cm³/mol. The summed E-state index contributed by atoms with van der Waals surface area (Å²) in [5, 5.41) is 14.2. The first-order valence-electron chi connectivity index (χ1n) is 18.2. The van der Waals surface area contributed by atoms with Crippen LogP contribution in [0.4, 0.5) is 5.69 Å². The molecule has 8 nitrogen and oxygen atoms in total. The van der Waals surface area contributed by atoms with Gasteiger partial charge in [0, 0.05) is 31.7 Å². The van der Waals surface area contributed by atoms with Gasteiger partial charge >= 0.3 is 0 Å². The molecule has 0 radical (unpaired) electrons. The van der Waals surface area contributed by atoms with Crippen LogP contribution in [0.3, 0.4) is 0 Å². The molecular weight excluding hydrogens is 586 g/mol. The molecule has 4 aliphatic carbocycles. The van der Waals surface area contributed by atoms with E-state index in [0.29, 0.717) is 47.3 Å². The number of aromatic hydroxyl groups is 1. The second-order valence-electron chi connectivity index (χ2n) is 17.3. The first-order chi connectivity index (χ1) is 21.2. The number of nitrogens with zero attached hydrogens (tertiary/aromatic N) is 2. The summed E-state index contributed by atoms with van der Waals surface area (Å²) in [6, 6.07) is 0. The first kappa shape index (κ1) is 32.1. The summed E-state index contributed by atoms with van der Waals surface area (Å²) in [6.07, 6.45) is 14.0. The minimum absolute atomic E-state index is 0.190. The van der Waals surface area contributed by atoms with Gasteiger partial charge in [-0.25, -0.2) is 8.42 Å². The smallest absolute Gasteiger partial charge is 0.271 e. The Morgan fingerprint density at radius 1 is 0.822 bits per heavy atom. The van der Waals surface area contributed by atoms with Gasteiger partial charge in [-0.05, 0) is 137 Å². The lowest BCUT2D eigenvalue weighted by atomic mass is 9.37. The van der Waals surface area contributed by atoms with Crippen molar-refractivity contribution in [2.45, 2.75) is 104 Å². The van der Waals surface area contributed by atoms with Crippen LogP contribution in [0, 0.1) is 45.8 Å². The molecule has 2 saturated heterocycles. The zero-order valence-electron chi connectivity index (χ0n) is 28.2. The van der Waals surface area contributed by atoms with Crippen molar-refractivity contribution in [2.75, 3.05) is 55.7 Å². The number of nitrogens with one attached hydrogen (secondary N) is 1. The third-order valence-electron chi connectivity index (χ3n) is 15.3. The maximum atomic E-state index is 12.5. The summed E-state index contributed by atoms with van der Waals surface area (Å²) in [6.45, 7) is 15.0. The van der Waals surface area contributed by atoms with Gasteiger partial charge in [0.05, 0.1) is 11.5 Å². The largest absolute Gasteiger partial charge is 0.502 e. The standard InChI is InChI=1S/C36H57N3O5S/c1-33(2)27-11-13-34(3)25-10-14-36(23-37-16-6-17-38-19-21-45(43,44)22-20-38)12-5-7-26(36)24(25)8-9-28(34)35(27,4)15-18-39(33)29-30(40)32(42)31(29)41/h24-28,37,40H,5-23H2,1-4H3/t24?,25?,26-,27?,28?,34?,35?,36?/m1/s1. The van der Waals surface area contributed by atoms with Crippen molar-refractivity contribution in [3.05, 3.63) is 20.4 Å². The van der Waals surface area contributed by atoms with E-state index in [4.69, 9.17) is 0 Å². The maximum absolute atomic E-state index is 12.5. The molecule has 6 fully saturated rings. The topological polar surface area (TPSA) is 107 Å². The van der Waals surface area contributed by atoms with Crippen molar-refractivity contribution in [1.82, 2.24) is 10.2 Å². The van der Waals surface area contributed by atoms with E-state index in [1.54, 1.807) is 0 Å². The lowest BCUT2D eigenvalue weighted by molar-refractivity contribution is -0.181. The zero-order valence-corrected chi connectivity index (χ0v) is 29.0. The molecule has 0 amide bonds. The molecule has 0 bridgehead atoms. The van der Waals surface area contributed by atoms with Crippen molar-refractivity contribution in [1.29, 1.82) is 0 Å². The van der Waals surface area contributed by atoms with E-state index in [1.165, 1.54) is 51.4 Å². The summed E-state index contributed by atoms with van der Waals surface area (Å²) in [4.78, 5) is 28.8.